The van der Waals surface area contributed by atoms with Crippen LogP contribution in [-0.4, -0.2) is 21.8 Å². The smallest absolute Gasteiger partial charge is 0.314 e. The maximum Gasteiger partial charge on any atom is 0.314 e. The second-order valence-corrected chi connectivity index (χ2v) is 14.9. The molecule has 1 unspecified atom stereocenters. The minimum Gasteiger partial charge on any atom is -0.480 e. The number of anilines is 1. The summed E-state index contributed by atoms with van der Waals surface area (Å²) in [7, 11) is 0. The summed E-state index contributed by atoms with van der Waals surface area (Å²) in [5.74, 6) is 1.08. The first-order valence-electron chi connectivity index (χ1n) is 16.5. The Morgan fingerprint density at radius 3 is 2.13 bits per heavy atom. The Labute approximate surface area is 284 Å². The number of amides is 1. The third kappa shape index (κ3) is 7.95. The molecule has 47 heavy (non-hydrogen) atoms. The van der Waals surface area contributed by atoms with E-state index in [2.05, 4.69) is 64.1 Å². The third-order valence-corrected chi connectivity index (χ3v) is 9.48. The zero-order valence-electron chi connectivity index (χ0n) is 29.5. The number of hydrogen-bond donors (Lipinski definition) is 2. The molecule has 3 aromatic carbocycles. The van der Waals surface area contributed by atoms with E-state index in [0.717, 1.165) is 18.4 Å². The number of para-hydroxylation sites is 2. The van der Waals surface area contributed by atoms with Crippen LogP contribution in [0.4, 0.5) is 5.69 Å². The number of carbonyl (C=O) groups excluding carboxylic acids is 1. The Kier molecular flexibility index (Phi) is 10.7. The summed E-state index contributed by atoms with van der Waals surface area (Å²) in [5, 5.41) is 6.88. The fourth-order valence-electron chi connectivity index (χ4n) is 5.26. The van der Waals surface area contributed by atoms with Gasteiger partial charge in [0.2, 0.25) is 5.75 Å². The van der Waals surface area contributed by atoms with Crippen LogP contribution in [0, 0.1) is 0 Å². The predicted molar refractivity (Wildman–Crippen MR) is 193 cm³/mol. The van der Waals surface area contributed by atoms with Gasteiger partial charge in [-0.3, -0.25) is 14.7 Å². The van der Waals surface area contributed by atoms with Crippen LogP contribution in [0.3, 0.4) is 0 Å². The van der Waals surface area contributed by atoms with Crippen LogP contribution < -0.4 is 20.3 Å². The van der Waals surface area contributed by atoms with E-state index < -0.39 is 11.5 Å². The van der Waals surface area contributed by atoms with Crippen molar-refractivity contribution in [2.45, 2.75) is 111 Å². The van der Waals surface area contributed by atoms with Gasteiger partial charge in [0.15, 0.2) is 6.10 Å². The van der Waals surface area contributed by atoms with Crippen molar-refractivity contribution in [3.63, 3.8) is 0 Å². The lowest BCUT2D eigenvalue weighted by Gasteiger charge is -2.31. The van der Waals surface area contributed by atoms with E-state index in [9.17, 15) is 9.59 Å². The minimum absolute atomic E-state index is 0.0187. The van der Waals surface area contributed by atoms with E-state index in [0.29, 0.717) is 40.0 Å². The average molecular weight is 660 g/mol. The molecule has 4 rings (SSSR count). The van der Waals surface area contributed by atoms with Crippen LogP contribution in [-0.2, 0) is 21.0 Å². The van der Waals surface area contributed by atoms with Crippen LogP contribution in [0.25, 0.3) is 5.69 Å². The highest BCUT2D eigenvalue weighted by Crippen LogP contribution is 2.39. The fraction of sp³-hybridized carbons (Fsp3) is 0.436. The Balaban J connectivity index is 1.69. The molecular formula is C39H50ClN3O4. The summed E-state index contributed by atoms with van der Waals surface area (Å²) in [5.41, 5.74) is 2.95. The molecule has 0 aliphatic carbocycles. The van der Waals surface area contributed by atoms with E-state index in [-0.39, 0.29) is 28.0 Å². The Hall–Kier alpha value is -3.97. The Morgan fingerprint density at radius 2 is 1.53 bits per heavy atom. The molecule has 0 fully saturated rings. The number of H-pyrrole nitrogens is 1. The van der Waals surface area contributed by atoms with Crippen LogP contribution in [0.5, 0.6) is 17.2 Å². The van der Waals surface area contributed by atoms with Crippen molar-refractivity contribution in [2.24, 2.45) is 0 Å². The number of aromatic amines is 1. The van der Waals surface area contributed by atoms with Crippen molar-refractivity contribution in [2.75, 3.05) is 5.32 Å². The lowest BCUT2D eigenvalue weighted by Crippen LogP contribution is -2.34. The summed E-state index contributed by atoms with van der Waals surface area (Å²) >= 11 is 6.06. The number of rotatable bonds is 12. The predicted octanol–water partition coefficient (Wildman–Crippen LogP) is 10.1. The molecule has 0 bridgehead atoms. The second-order valence-electron chi connectivity index (χ2n) is 14.5. The number of aromatic nitrogens is 2. The first-order chi connectivity index (χ1) is 22.0. The summed E-state index contributed by atoms with van der Waals surface area (Å²) in [4.78, 5) is 27.8. The van der Waals surface area contributed by atoms with Gasteiger partial charge in [0.05, 0.1) is 17.1 Å². The van der Waals surface area contributed by atoms with Crippen LogP contribution in [0.15, 0.2) is 71.5 Å². The van der Waals surface area contributed by atoms with Crippen LogP contribution in [0.2, 0.25) is 5.02 Å². The van der Waals surface area contributed by atoms with Gasteiger partial charge in [0.1, 0.15) is 11.5 Å². The first kappa shape index (κ1) is 35.9. The molecule has 4 aromatic rings. The normalized spacial score (nSPS) is 12.9. The zero-order valence-corrected chi connectivity index (χ0v) is 30.3. The molecule has 7 nitrogen and oxygen atoms in total. The van der Waals surface area contributed by atoms with Crippen molar-refractivity contribution in [3.05, 3.63) is 98.9 Å². The summed E-state index contributed by atoms with van der Waals surface area (Å²) in [6.45, 7) is 21.2. The van der Waals surface area contributed by atoms with Gasteiger partial charge in [0.25, 0.3) is 5.91 Å². The van der Waals surface area contributed by atoms with Gasteiger partial charge in [-0.25, -0.2) is 4.68 Å². The Bertz CT molecular complexity index is 1760. The maximum atomic E-state index is 13.9. The van der Waals surface area contributed by atoms with Gasteiger partial charge in [0, 0.05) is 16.0 Å². The third-order valence-electron chi connectivity index (χ3n) is 9.22. The minimum atomic E-state index is -0.756. The van der Waals surface area contributed by atoms with Crippen molar-refractivity contribution in [3.8, 4) is 22.9 Å². The molecule has 0 aliphatic rings. The van der Waals surface area contributed by atoms with E-state index in [1.54, 1.807) is 36.4 Å². The molecule has 0 aliphatic heterocycles. The van der Waals surface area contributed by atoms with E-state index in [1.165, 1.54) is 10.2 Å². The van der Waals surface area contributed by atoms with Gasteiger partial charge in [-0.15, -0.1) is 0 Å². The number of ether oxygens (including phenoxy) is 2. The van der Waals surface area contributed by atoms with E-state index in [1.807, 2.05) is 45.9 Å². The summed E-state index contributed by atoms with van der Waals surface area (Å²) < 4.78 is 14.0. The molecule has 1 amide bonds. The van der Waals surface area contributed by atoms with Crippen LogP contribution in [0.1, 0.15) is 105 Å². The van der Waals surface area contributed by atoms with Gasteiger partial charge >= 0.3 is 5.56 Å². The van der Waals surface area contributed by atoms with E-state index in [4.69, 9.17) is 21.1 Å². The lowest BCUT2D eigenvalue weighted by atomic mass is 9.76. The number of nitrogens with zero attached hydrogens (tertiary/aromatic N) is 1. The van der Waals surface area contributed by atoms with Gasteiger partial charge < -0.3 is 14.8 Å². The first-order valence-corrected chi connectivity index (χ1v) is 16.9. The molecule has 0 radical (unpaired) electrons. The Morgan fingerprint density at radius 1 is 0.894 bits per heavy atom. The standard InChI is InChI=1S/C39H50ClN3O4/c1-11-31(47-32-23-18-25(38(7,8)12-2)24-28(32)39(9,10)13-3)35(44)41-29-16-14-15-17-30(29)43-36(45)33(34(42-43)37(4,5)6)46-27-21-19-26(40)20-22-27/h14-24,31,42H,11-13H2,1-10H3,(H,41,44). The molecule has 2 N–H and O–H groups in total. The monoisotopic (exact) mass is 659 g/mol. The molecular weight excluding hydrogens is 610 g/mol. The zero-order chi connectivity index (χ0) is 34.7. The molecule has 252 valence electrons. The highest BCUT2D eigenvalue weighted by molar-refractivity contribution is 6.30. The average Bonchev–Trinajstić information content (AvgIpc) is 3.36. The number of nitrogens with one attached hydrogen (secondary N) is 2. The molecule has 0 spiro atoms. The number of halogens is 1. The molecule has 1 atom stereocenters. The van der Waals surface area contributed by atoms with Gasteiger partial charge in [-0.1, -0.05) is 105 Å². The maximum absolute atomic E-state index is 13.9. The van der Waals surface area contributed by atoms with Crippen molar-refractivity contribution in [1.29, 1.82) is 0 Å². The van der Waals surface area contributed by atoms with Gasteiger partial charge in [-0.2, -0.15) is 0 Å². The number of carbonyl (C=O) groups is 1. The lowest BCUT2D eigenvalue weighted by molar-refractivity contribution is -0.122. The topological polar surface area (TPSA) is 85.3 Å². The molecule has 8 heteroatoms. The molecule has 0 saturated carbocycles. The van der Waals surface area contributed by atoms with Crippen LogP contribution >= 0.6 is 11.6 Å². The molecule has 1 aromatic heterocycles. The quantitative estimate of drug-likeness (QED) is 0.158. The molecule has 1 heterocycles. The van der Waals surface area contributed by atoms with Crippen molar-refractivity contribution >= 4 is 23.2 Å². The van der Waals surface area contributed by atoms with Gasteiger partial charge in [-0.05, 0) is 78.1 Å². The molecule has 0 saturated heterocycles. The van der Waals surface area contributed by atoms with E-state index >= 15 is 0 Å². The SMILES string of the molecule is CCC(Oc1ccc(C(C)(C)CC)cc1C(C)(C)CC)C(=O)Nc1ccccc1-n1[nH]c(C(C)(C)C)c(Oc2ccc(Cl)cc2)c1=O. The summed E-state index contributed by atoms with van der Waals surface area (Å²) in [6, 6.07) is 20.4. The summed E-state index contributed by atoms with van der Waals surface area (Å²) in [6.07, 6.45) is 1.63. The largest absolute Gasteiger partial charge is 0.480 e. The highest BCUT2D eigenvalue weighted by Gasteiger charge is 2.30. The second kappa shape index (κ2) is 14.0. The number of hydrogen-bond acceptors (Lipinski definition) is 4. The van der Waals surface area contributed by atoms with Crippen molar-refractivity contribution < 1.29 is 14.3 Å². The highest BCUT2D eigenvalue weighted by atomic mass is 35.5. The van der Waals surface area contributed by atoms with Crippen molar-refractivity contribution in [1.82, 2.24) is 9.78 Å². The number of benzene rings is 3. The fourth-order valence-corrected chi connectivity index (χ4v) is 5.38.